The monoisotopic (exact) mass is 571 g/mol. The Balaban J connectivity index is 1.73. The summed E-state index contributed by atoms with van der Waals surface area (Å²) in [4.78, 5) is 38.8. The summed E-state index contributed by atoms with van der Waals surface area (Å²) in [6.45, 7) is -0.515. The molecular formula is C32H30ClN3O5. The Bertz CT molecular complexity index is 1440. The summed E-state index contributed by atoms with van der Waals surface area (Å²) >= 11 is 6.16. The maximum absolute atomic E-state index is 14.0. The highest BCUT2D eigenvalue weighted by molar-refractivity contribution is 6.31. The number of nitrogens with one attached hydrogen (secondary N) is 1. The predicted molar refractivity (Wildman–Crippen MR) is 155 cm³/mol. The highest BCUT2D eigenvalue weighted by atomic mass is 35.5. The molecule has 0 unspecified atom stereocenters. The van der Waals surface area contributed by atoms with Crippen molar-refractivity contribution in [2.75, 3.05) is 6.61 Å². The van der Waals surface area contributed by atoms with Crippen molar-refractivity contribution in [2.24, 2.45) is 0 Å². The third-order valence-electron chi connectivity index (χ3n) is 6.83. The number of terminal acetylenes is 1. The Morgan fingerprint density at radius 2 is 1.88 bits per heavy atom. The molecule has 4 atom stereocenters. The molecule has 9 heteroatoms. The molecule has 1 aliphatic heterocycles. The third-order valence-corrected chi connectivity index (χ3v) is 7.07. The van der Waals surface area contributed by atoms with E-state index in [-0.39, 0.29) is 13.0 Å². The Labute approximate surface area is 243 Å². The number of aromatic nitrogens is 1. The van der Waals surface area contributed by atoms with Gasteiger partial charge < -0.3 is 15.1 Å². The highest BCUT2D eigenvalue weighted by Gasteiger charge is 2.47. The van der Waals surface area contributed by atoms with E-state index in [1.54, 1.807) is 85.1 Å². The van der Waals surface area contributed by atoms with Crippen LogP contribution in [0.5, 0.6) is 0 Å². The second-order valence-corrected chi connectivity index (χ2v) is 9.80. The Kier molecular flexibility index (Phi) is 10.4. The number of carbonyl (C=O) groups excluding carboxylic acids is 2. The number of carbonyl (C=O) groups is 2. The topological polar surface area (TPSA) is 112 Å². The number of hydrogen-bond donors (Lipinski definition) is 3. The van der Waals surface area contributed by atoms with Crippen molar-refractivity contribution in [3.8, 4) is 12.3 Å². The summed E-state index contributed by atoms with van der Waals surface area (Å²) in [5, 5.41) is 22.1. The minimum atomic E-state index is -1.23. The van der Waals surface area contributed by atoms with Crippen molar-refractivity contribution in [1.82, 2.24) is 15.4 Å². The Morgan fingerprint density at radius 3 is 2.59 bits per heavy atom. The van der Waals surface area contributed by atoms with Crippen molar-refractivity contribution in [2.45, 2.75) is 37.1 Å². The number of hydroxylamine groups is 1. The molecule has 2 aromatic carbocycles. The average Bonchev–Trinajstić information content (AvgIpc) is 3.00. The molecule has 0 radical (unpaired) electrons. The van der Waals surface area contributed by atoms with Crippen LogP contribution < -0.4 is 5.48 Å². The lowest BCUT2D eigenvalue weighted by Gasteiger charge is -2.46. The van der Waals surface area contributed by atoms with Crippen LogP contribution in [0.1, 0.15) is 45.6 Å². The zero-order valence-electron chi connectivity index (χ0n) is 22.1. The molecular weight excluding hydrogens is 542 g/mol. The molecule has 2 heterocycles. The number of benzene rings is 2. The zero-order chi connectivity index (χ0) is 29.2. The van der Waals surface area contributed by atoms with E-state index < -0.39 is 42.5 Å². The zero-order valence-corrected chi connectivity index (χ0v) is 22.9. The van der Waals surface area contributed by atoms with Gasteiger partial charge in [-0.25, -0.2) is 5.48 Å². The van der Waals surface area contributed by atoms with Crippen molar-refractivity contribution < 1.29 is 24.6 Å². The van der Waals surface area contributed by atoms with Crippen LogP contribution in [0, 0.1) is 12.3 Å². The molecule has 0 fully saturated rings. The van der Waals surface area contributed by atoms with Crippen LogP contribution in [0.15, 0.2) is 102 Å². The maximum atomic E-state index is 14.0. The van der Waals surface area contributed by atoms with E-state index in [0.29, 0.717) is 27.4 Å². The fraction of sp³-hybridized carbons (Fsp3) is 0.219. The number of fused-ring (bicyclic) bond motifs is 1. The standard InChI is InChI=1S/C32H30ClN3O5/c1-2-11-23(33)14-10-18-27-29(31(39)35-41-21-24-15-8-9-19-34-24)25-16-6-7-17-26(25)32(40)36(27)28(20-37)30(38)22-12-4-3-5-13-22/h1,3-17,19,27-30,37-38H,18,20-21H2,(H,35,39)/b14-10-,23-11+/t27-,28+,29+,30+/m0/s1. The number of pyridine rings is 1. The SMILES string of the molecule is C#C/C=C(Cl)\C=C/C[C@H]1[C@H](C(=O)NOCc2ccccn2)c2ccccc2C(=O)N1[C@H](CO)[C@H](O)c1ccccc1. The smallest absolute Gasteiger partial charge is 0.254 e. The molecule has 4 rings (SSSR count). The summed E-state index contributed by atoms with van der Waals surface area (Å²) in [5.41, 5.74) is 4.45. The van der Waals surface area contributed by atoms with Crippen LogP contribution >= 0.6 is 11.6 Å². The van der Waals surface area contributed by atoms with Crippen LogP contribution in [0.4, 0.5) is 0 Å². The lowest BCUT2D eigenvalue weighted by Crippen LogP contribution is -2.58. The van der Waals surface area contributed by atoms with Crippen LogP contribution in [0.2, 0.25) is 0 Å². The average molecular weight is 572 g/mol. The molecule has 0 spiro atoms. The largest absolute Gasteiger partial charge is 0.394 e. The molecule has 1 aromatic heterocycles. The number of rotatable bonds is 11. The van der Waals surface area contributed by atoms with E-state index in [1.807, 2.05) is 6.07 Å². The molecule has 0 bridgehead atoms. The Hall–Kier alpha value is -4.26. The van der Waals surface area contributed by atoms with Crippen molar-refractivity contribution in [3.05, 3.63) is 125 Å². The number of aliphatic hydroxyl groups excluding tert-OH is 2. The second kappa shape index (κ2) is 14.4. The fourth-order valence-electron chi connectivity index (χ4n) is 4.97. The first-order valence-corrected chi connectivity index (χ1v) is 13.4. The van der Waals surface area contributed by atoms with Gasteiger partial charge in [-0.15, -0.1) is 6.42 Å². The van der Waals surface area contributed by atoms with Crippen molar-refractivity contribution >= 4 is 23.4 Å². The number of amides is 2. The molecule has 1 aliphatic rings. The van der Waals surface area contributed by atoms with Crippen LogP contribution in [-0.2, 0) is 16.2 Å². The lowest BCUT2D eigenvalue weighted by molar-refractivity contribution is -0.138. The number of hydrogen-bond acceptors (Lipinski definition) is 6. The lowest BCUT2D eigenvalue weighted by atomic mass is 9.79. The summed E-state index contributed by atoms with van der Waals surface area (Å²) in [6, 6.07) is 19.0. The van der Waals surface area contributed by atoms with Gasteiger partial charge in [-0.3, -0.25) is 19.4 Å². The quantitative estimate of drug-likeness (QED) is 0.182. The molecule has 0 aliphatic carbocycles. The van der Waals surface area contributed by atoms with Gasteiger partial charge in [0.25, 0.3) is 11.8 Å². The molecule has 41 heavy (non-hydrogen) atoms. The van der Waals surface area contributed by atoms with Gasteiger partial charge >= 0.3 is 0 Å². The van der Waals surface area contributed by atoms with E-state index in [4.69, 9.17) is 22.9 Å². The fourth-order valence-corrected chi connectivity index (χ4v) is 5.12. The van der Waals surface area contributed by atoms with Crippen LogP contribution in [0.3, 0.4) is 0 Å². The first-order chi connectivity index (χ1) is 20.0. The van der Waals surface area contributed by atoms with Gasteiger partial charge in [0.05, 0.1) is 30.3 Å². The van der Waals surface area contributed by atoms with Gasteiger partial charge in [0, 0.05) is 22.9 Å². The predicted octanol–water partition coefficient (Wildman–Crippen LogP) is 4.03. The summed E-state index contributed by atoms with van der Waals surface area (Å²) in [7, 11) is 0. The number of allylic oxidation sites excluding steroid dienone is 3. The maximum Gasteiger partial charge on any atom is 0.254 e. The van der Waals surface area contributed by atoms with Crippen molar-refractivity contribution in [1.29, 1.82) is 0 Å². The minimum Gasteiger partial charge on any atom is -0.394 e. The van der Waals surface area contributed by atoms with Gasteiger partial charge in [0.15, 0.2) is 0 Å². The van der Waals surface area contributed by atoms with Crippen molar-refractivity contribution in [3.63, 3.8) is 0 Å². The molecule has 8 nitrogen and oxygen atoms in total. The Morgan fingerprint density at radius 1 is 1.15 bits per heavy atom. The van der Waals surface area contributed by atoms with E-state index in [2.05, 4.69) is 16.4 Å². The summed E-state index contributed by atoms with van der Waals surface area (Å²) in [5.74, 6) is 0.516. The molecule has 210 valence electrons. The summed E-state index contributed by atoms with van der Waals surface area (Å²) < 4.78 is 0. The third kappa shape index (κ3) is 7.09. The normalized spacial score (nSPS) is 18.4. The number of halogens is 1. The van der Waals surface area contributed by atoms with Gasteiger partial charge in [0.1, 0.15) is 12.7 Å². The number of nitrogens with zero attached hydrogens (tertiary/aromatic N) is 2. The molecule has 3 aromatic rings. The minimum absolute atomic E-state index is 0.0344. The first-order valence-electron chi connectivity index (χ1n) is 13.0. The van der Waals surface area contributed by atoms with Gasteiger partial charge in [-0.05, 0) is 41.8 Å². The van der Waals surface area contributed by atoms with E-state index in [1.165, 1.54) is 11.0 Å². The van der Waals surface area contributed by atoms with Gasteiger partial charge in [-0.2, -0.15) is 0 Å². The molecule has 2 amide bonds. The van der Waals surface area contributed by atoms with Crippen LogP contribution in [-0.4, -0.2) is 50.6 Å². The molecule has 3 N–H and O–H groups in total. The van der Waals surface area contributed by atoms with E-state index in [9.17, 15) is 19.8 Å². The number of aliphatic hydroxyl groups is 2. The highest BCUT2D eigenvalue weighted by Crippen LogP contribution is 2.39. The van der Waals surface area contributed by atoms with Crippen LogP contribution in [0.25, 0.3) is 0 Å². The van der Waals surface area contributed by atoms with Gasteiger partial charge in [-0.1, -0.05) is 78.2 Å². The van der Waals surface area contributed by atoms with E-state index >= 15 is 0 Å². The first kappa shape index (κ1) is 29.7. The van der Waals surface area contributed by atoms with Gasteiger partial charge in [0.2, 0.25) is 0 Å². The molecule has 0 saturated heterocycles. The summed E-state index contributed by atoms with van der Waals surface area (Å²) in [6.07, 6.45) is 10.5. The second-order valence-electron chi connectivity index (χ2n) is 9.36. The molecule has 0 saturated carbocycles. The van der Waals surface area contributed by atoms with E-state index in [0.717, 1.165) is 0 Å².